The van der Waals surface area contributed by atoms with Crippen molar-refractivity contribution in [3.63, 3.8) is 0 Å². The van der Waals surface area contributed by atoms with Crippen LogP contribution in [0.25, 0.3) is 0 Å². The van der Waals surface area contributed by atoms with E-state index in [0.29, 0.717) is 6.04 Å². The molecule has 0 amide bonds. The molecule has 24 heavy (non-hydrogen) atoms. The molecule has 3 nitrogen and oxygen atoms in total. The van der Waals surface area contributed by atoms with Gasteiger partial charge >= 0.3 is 0 Å². The third kappa shape index (κ3) is 3.28. The lowest BCUT2D eigenvalue weighted by Gasteiger charge is -2.47. The van der Waals surface area contributed by atoms with Gasteiger partial charge in [-0.05, 0) is 60.3 Å². The van der Waals surface area contributed by atoms with Gasteiger partial charge in [-0.2, -0.15) is 0 Å². The van der Waals surface area contributed by atoms with Gasteiger partial charge in [-0.25, -0.2) is 0 Å². The second-order valence-electron chi connectivity index (χ2n) is 7.96. The second-order valence-corrected chi connectivity index (χ2v) is 7.96. The highest BCUT2D eigenvalue weighted by Gasteiger charge is 2.38. The van der Waals surface area contributed by atoms with Crippen LogP contribution in [-0.4, -0.2) is 32.2 Å². The minimum atomic E-state index is 0.557. The molecule has 1 aromatic rings. The lowest BCUT2D eigenvalue weighted by molar-refractivity contribution is 0.0428. The van der Waals surface area contributed by atoms with Gasteiger partial charge in [-0.1, -0.05) is 27.2 Å². The number of ether oxygens (including phenoxy) is 2. The molecule has 3 heteroatoms. The molecule has 0 N–H and O–H groups in total. The van der Waals surface area contributed by atoms with Crippen molar-refractivity contribution in [2.45, 2.75) is 52.5 Å². The number of piperidine rings is 1. The van der Waals surface area contributed by atoms with Crippen LogP contribution in [0.15, 0.2) is 12.1 Å². The van der Waals surface area contributed by atoms with E-state index in [1.54, 1.807) is 14.2 Å². The van der Waals surface area contributed by atoms with E-state index >= 15 is 0 Å². The lowest BCUT2D eigenvalue weighted by Crippen LogP contribution is -2.46. The predicted molar refractivity (Wildman–Crippen MR) is 98.9 cm³/mol. The molecule has 3 atom stereocenters. The van der Waals surface area contributed by atoms with Crippen LogP contribution in [0.5, 0.6) is 11.5 Å². The van der Waals surface area contributed by atoms with E-state index in [2.05, 4.69) is 37.8 Å². The monoisotopic (exact) mass is 331 g/mol. The van der Waals surface area contributed by atoms with E-state index in [1.807, 2.05) is 0 Å². The second kappa shape index (κ2) is 7.35. The quantitative estimate of drug-likeness (QED) is 0.781. The SMILES string of the molecule is CCC1CC2c3cc(OC)c(OC)cc3CCN2CC1CC(C)C. The first-order chi connectivity index (χ1) is 11.6. The standard InChI is InChI=1S/C21H33NO2/c1-6-15-10-19-18-12-21(24-5)20(23-4)11-16(18)7-8-22(19)13-17(15)9-14(2)3/h11-12,14-15,17,19H,6-10,13H2,1-5H3. The van der Waals surface area contributed by atoms with Crippen molar-refractivity contribution in [1.82, 2.24) is 4.90 Å². The normalized spacial score (nSPS) is 26.8. The molecule has 0 saturated carbocycles. The Labute approximate surface area is 147 Å². The highest BCUT2D eigenvalue weighted by atomic mass is 16.5. The summed E-state index contributed by atoms with van der Waals surface area (Å²) in [6, 6.07) is 4.99. The van der Waals surface area contributed by atoms with Crippen molar-refractivity contribution in [3.8, 4) is 11.5 Å². The fourth-order valence-corrected chi connectivity index (χ4v) is 4.88. The van der Waals surface area contributed by atoms with Crippen molar-refractivity contribution in [2.24, 2.45) is 17.8 Å². The van der Waals surface area contributed by atoms with Crippen molar-refractivity contribution < 1.29 is 9.47 Å². The van der Waals surface area contributed by atoms with Crippen LogP contribution in [0.1, 0.15) is 57.2 Å². The molecule has 2 aliphatic heterocycles. The Kier molecular flexibility index (Phi) is 5.39. The number of fused-ring (bicyclic) bond motifs is 3. The summed E-state index contributed by atoms with van der Waals surface area (Å²) in [6.45, 7) is 9.53. The summed E-state index contributed by atoms with van der Waals surface area (Å²) in [4.78, 5) is 2.73. The van der Waals surface area contributed by atoms with E-state index in [1.165, 1.54) is 43.5 Å². The fraction of sp³-hybridized carbons (Fsp3) is 0.714. The smallest absolute Gasteiger partial charge is 0.161 e. The highest BCUT2D eigenvalue weighted by Crippen LogP contribution is 2.46. The summed E-state index contributed by atoms with van der Waals surface area (Å²) in [6.07, 6.45) is 5.07. The van der Waals surface area contributed by atoms with Gasteiger partial charge in [0.05, 0.1) is 14.2 Å². The van der Waals surface area contributed by atoms with Gasteiger partial charge in [0.2, 0.25) is 0 Å². The van der Waals surface area contributed by atoms with Gasteiger partial charge < -0.3 is 9.47 Å². The van der Waals surface area contributed by atoms with Crippen molar-refractivity contribution in [2.75, 3.05) is 27.3 Å². The van der Waals surface area contributed by atoms with Gasteiger partial charge in [-0.3, -0.25) is 4.90 Å². The molecule has 2 aliphatic rings. The zero-order valence-electron chi connectivity index (χ0n) is 16.0. The molecule has 2 heterocycles. The number of benzene rings is 1. The molecule has 1 fully saturated rings. The van der Waals surface area contributed by atoms with Crippen LogP contribution < -0.4 is 9.47 Å². The van der Waals surface area contributed by atoms with Crippen LogP contribution in [0.2, 0.25) is 0 Å². The molecule has 1 aromatic carbocycles. The van der Waals surface area contributed by atoms with Gasteiger partial charge in [0, 0.05) is 19.1 Å². The molecule has 3 unspecified atom stereocenters. The Morgan fingerprint density at radius 1 is 1.12 bits per heavy atom. The van der Waals surface area contributed by atoms with E-state index in [9.17, 15) is 0 Å². The first kappa shape index (κ1) is 17.6. The highest BCUT2D eigenvalue weighted by molar-refractivity contribution is 5.49. The first-order valence-electron chi connectivity index (χ1n) is 9.56. The molecule has 0 aliphatic carbocycles. The average Bonchev–Trinajstić information content (AvgIpc) is 2.59. The minimum Gasteiger partial charge on any atom is -0.493 e. The summed E-state index contributed by atoms with van der Waals surface area (Å²) in [5, 5.41) is 0. The lowest BCUT2D eigenvalue weighted by atomic mass is 9.73. The van der Waals surface area contributed by atoms with E-state index in [0.717, 1.165) is 35.7 Å². The third-order valence-corrected chi connectivity index (χ3v) is 6.07. The maximum Gasteiger partial charge on any atom is 0.161 e. The van der Waals surface area contributed by atoms with Gasteiger partial charge in [0.1, 0.15) is 0 Å². The Morgan fingerprint density at radius 2 is 1.83 bits per heavy atom. The number of hydrogen-bond acceptors (Lipinski definition) is 3. The molecule has 134 valence electrons. The Hall–Kier alpha value is -1.22. The topological polar surface area (TPSA) is 21.7 Å². The fourth-order valence-electron chi connectivity index (χ4n) is 4.88. The Balaban J connectivity index is 1.89. The van der Waals surface area contributed by atoms with Crippen molar-refractivity contribution in [3.05, 3.63) is 23.3 Å². The zero-order chi connectivity index (χ0) is 17.3. The van der Waals surface area contributed by atoms with E-state index in [-0.39, 0.29) is 0 Å². The van der Waals surface area contributed by atoms with E-state index in [4.69, 9.17) is 9.47 Å². The molecule has 0 aromatic heterocycles. The summed E-state index contributed by atoms with van der Waals surface area (Å²) in [5.74, 6) is 4.23. The number of hydrogen-bond donors (Lipinski definition) is 0. The van der Waals surface area contributed by atoms with Crippen molar-refractivity contribution >= 4 is 0 Å². The maximum absolute atomic E-state index is 5.57. The maximum atomic E-state index is 5.57. The van der Waals surface area contributed by atoms with Gasteiger partial charge in [0.25, 0.3) is 0 Å². The van der Waals surface area contributed by atoms with Gasteiger partial charge in [0.15, 0.2) is 11.5 Å². The zero-order valence-corrected chi connectivity index (χ0v) is 16.0. The molecule has 0 radical (unpaired) electrons. The number of nitrogens with zero attached hydrogens (tertiary/aromatic N) is 1. The Bertz CT molecular complexity index is 569. The number of methoxy groups -OCH3 is 2. The minimum absolute atomic E-state index is 0.557. The molecule has 0 spiro atoms. The number of rotatable bonds is 5. The molecule has 1 saturated heterocycles. The summed E-state index contributed by atoms with van der Waals surface area (Å²) < 4.78 is 11.1. The third-order valence-electron chi connectivity index (χ3n) is 6.07. The molecular weight excluding hydrogens is 298 g/mol. The van der Waals surface area contributed by atoms with E-state index < -0.39 is 0 Å². The summed E-state index contributed by atoms with van der Waals surface area (Å²) in [7, 11) is 3.46. The molecule has 0 bridgehead atoms. The predicted octanol–water partition coefficient (Wildman–Crippen LogP) is 4.70. The van der Waals surface area contributed by atoms with Crippen LogP contribution in [0, 0.1) is 17.8 Å². The largest absolute Gasteiger partial charge is 0.493 e. The summed E-state index contributed by atoms with van der Waals surface area (Å²) >= 11 is 0. The average molecular weight is 332 g/mol. The van der Waals surface area contributed by atoms with Gasteiger partial charge in [-0.15, -0.1) is 0 Å². The Morgan fingerprint density at radius 3 is 2.46 bits per heavy atom. The van der Waals surface area contributed by atoms with Crippen LogP contribution >= 0.6 is 0 Å². The summed E-state index contributed by atoms with van der Waals surface area (Å²) in [5.41, 5.74) is 2.92. The van der Waals surface area contributed by atoms with Crippen LogP contribution in [0.3, 0.4) is 0 Å². The van der Waals surface area contributed by atoms with Crippen LogP contribution in [0.4, 0.5) is 0 Å². The molecule has 3 rings (SSSR count). The van der Waals surface area contributed by atoms with Crippen molar-refractivity contribution in [1.29, 1.82) is 0 Å². The molecular formula is C21H33NO2. The van der Waals surface area contributed by atoms with Crippen LogP contribution in [-0.2, 0) is 6.42 Å². The first-order valence-corrected chi connectivity index (χ1v) is 9.56.